The van der Waals surface area contributed by atoms with Crippen LogP contribution < -0.4 is 15.4 Å². The van der Waals surface area contributed by atoms with Crippen molar-refractivity contribution in [3.05, 3.63) is 59.4 Å². The number of carbonyl (C=O) groups is 1. The number of pyridine rings is 1. The number of aryl methyl sites for hydroxylation is 1. The fraction of sp³-hybridized carbons (Fsp3) is 0.167. The fourth-order valence-electron chi connectivity index (χ4n) is 2.28. The highest BCUT2D eigenvalue weighted by molar-refractivity contribution is 7.15. The summed E-state index contributed by atoms with van der Waals surface area (Å²) in [5, 5.41) is 6.06. The summed E-state index contributed by atoms with van der Waals surface area (Å²) in [6.07, 6.45) is -1.36. The van der Waals surface area contributed by atoms with Gasteiger partial charge in [0.2, 0.25) is 0 Å². The lowest BCUT2D eigenvalue weighted by Gasteiger charge is -2.10. The Labute approximate surface area is 162 Å². The topological polar surface area (TPSA) is 76.1 Å². The van der Waals surface area contributed by atoms with Gasteiger partial charge in [-0.15, -0.1) is 24.5 Å². The molecule has 2 heterocycles. The summed E-state index contributed by atoms with van der Waals surface area (Å²) < 4.78 is 40.2. The Morgan fingerprint density at radius 3 is 2.61 bits per heavy atom. The Hall–Kier alpha value is -3.14. The predicted molar refractivity (Wildman–Crippen MR) is 99.1 cm³/mol. The van der Waals surface area contributed by atoms with Gasteiger partial charge in [0.05, 0.1) is 12.2 Å². The van der Waals surface area contributed by atoms with Crippen LogP contribution in [0.3, 0.4) is 0 Å². The monoisotopic (exact) mass is 408 g/mol. The maximum atomic E-state index is 12.1. The highest BCUT2D eigenvalue weighted by Crippen LogP contribution is 2.27. The van der Waals surface area contributed by atoms with Crippen LogP contribution >= 0.6 is 11.3 Å². The zero-order chi connectivity index (χ0) is 20.1. The number of alkyl halides is 3. The smallest absolute Gasteiger partial charge is 0.406 e. The van der Waals surface area contributed by atoms with E-state index in [1.165, 1.54) is 23.5 Å². The summed E-state index contributed by atoms with van der Waals surface area (Å²) in [7, 11) is 0. The van der Waals surface area contributed by atoms with Crippen LogP contribution in [-0.2, 0) is 6.54 Å². The molecular weight excluding hydrogens is 393 g/mol. The van der Waals surface area contributed by atoms with Gasteiger partial charge in [-0.3, -0.25) is 4.98 Å². The van der Waals surface area contributed by atoms with E-state index in [-0.39, 0.29) is 12.3 Å². The number of ether oxygens (including phenoxy) is 1. The van der Waals surface area contributed by atoms with Crippen LogP contribution in [0.4, 0.5) is 23.7 Å². The normalized spacial score (nSPS) is 11.1. The highest BCUT2D eigenvalue weighted by Gasteiger charge is 2.30. The molecule has 0 fully saturated rings. The molecule has 1 aromatic carbocycles. The molecule has 146 valence electrons. The number of rotatable bonds is 5. The van der Waals surface area contributed by atoms with Crippen molar-refractivity contribution in [2.75, 3.05) is 5.32 Å². The van der Waals surface area contributed by atoms with Gasteiger partial charge in [-0.05, 0) is 43.3 Å². The first-order chi connectivity index (χ1) is 13.3. The molecule has 0 saturated heterocycles. The lowest BCUT2D eigenvalue weighted by molar-refractivity contribution is -0.274. The average Bonchev–Trinajstić information content (AvgIpc) is 3.02. The molecule has 2 aromatic heterocycles. The molecule has 0 aliphatic carbocycles. The van der Waals surface area contributed by atoms with E-state index in [4.69, 9.17) is 0 Å². The number of hydrogen-bond donors (Lipinski definition) is 2. The molecule has 0 aliphatic heterocycles. The summed E-state index contributed by atoms with van der Waals surface area (Å²) >= 11 is 1.45. The average molecular weight is 408 g/mol. The zero-order valence-electron chi connectivity index (χ0n) is 14.6. The molecule has 10 heteroatoms. The first-order valence-electron chi connectivity index (χ1n) is 8.07. The predicted octanol–water partition coefficient (Wildman–Crippen LogP) is 4.73. The van der Waals surface area contributed by atoms with Crippen molar-refractivity contribution in [1.82, 2.24) is 15.3 Å². The van der Waals surface area contributed by atoms with E-state index in [0.717, 1.165) is 33.3 Å². The van der Waals surface area contributed by atoms with E-state index >= 15 is 0 Å². The summed E-state index contributed by atoms with van der Waals surface area (Å²) in [6.45, 7) is 2.12. The van der Waals surface area contributed by atoms with E-state index in [1.807, 2.05) is 19.1 Å². The molecule has 3 aromatic rings. The van der Waals surface area contributed by atoms with Gasteiger partial charge in [-0.2, -0.15) is 0 Å². The Bertz CT molecular complexity index is 944. The summed E-state index contributed by atoms with van der Waals surface area (Å²) in [5.74, 6) is -0.360. The van der Waals surface area contributed by atoms with Crippen LogP contribution in [0.25, 0.3) is 10.6 Å². The van der Waals surface area contributed by atoms with Crippen molar-refractivity contribution < 1.29 is 22.7 Å². The second kappa shape index (κ2) is 8.26. The Morgan fingerprint density at radius 2 is 1.96 bits per heavy atom. The number of halogens is 3. The third kappa shape index (κ3) is 5.43. The first kappa shape index (κ1) is 19.6. The van der Waals surface area contributed by atoms with Crippen molar-refractivity contribution in [2.24, 2.45) is 0 Å². The standard InChI is InChI=1S/C18H15F3N4O2S/c1-11-15(28-16(24-11)12-3-2-8-22-9-12)10-23-17(26)25-13-4-6-14(7-5-13)27-18(19,20)21/h2-9H,10H2,1H3,(H2,23,25,26). The van der Waals surface area contributed by atoms with Gasteiger partial charge in [0.25, 0.3) is 0 Å². The molecule has 2 N–H and O–H groups in total. The largest absolute Gasteiger partial charge is 0.573 e. The molecule has 28 heavy (non-hydrogen) atoms. The molecule has 0 radical (unpaired) electrons. The molecule has 2 amide bonds. The van der Waals surface area contributed by atoms with Crippen LogP contribution in [0.1, 0.15) is 10.6 Å². The molecule has 0 atom stereocenters. The summed E-state index contributed by atoms with van der Waals surface area (Å²) in [5.41, 5.74) is 2.04. The highest BCUT2D eigenvalue weighted by atomic mass is 32.1. The second-order valence-corrected chi connectivity index (χ2v) is 6.73. The Kier molecular flexibility index (Phi) is 5.78. The van der Waals surface area contributed by atoms with E-state index in [2.05, 4.69) is 25.3 Å². The molecule has 3 rings (SSSR count). The van der Waals surface area contributed by atoms with Crippen molar-refractivity contribution in [1.29, 1.82) is 0 Å². The maximum absolute atomic E-state index is 12.1. The van der Waals surface area contributed by atoms with Gasteiger partial charge in [0.15, 0.2) is 0 Å². The van der Waals surface area contributed by atoms with E-state index in [1.54, 1.807) is 12.4 Å². The molecule has 0 spiro atoms. The fourth-order valence-corrected chi connectivity index (χ4v) is 3.27. The number of carbonyl (C=O) groups excluding carboxylic acids is 1. The van der Waals surface area contributed by atoms with Crippen LogP contribution in [-0.4, -0.2) is 22.4 Å². The van der Waals surface area contributed by atoms with Gasteiger partial charge < -0.3 is 15.4 Å². The van der Waals surface area contributed by atoms with Crippen molar-refractivity contribution in [3.63, 3.8) is 0 Å². The van der Waals surface area contributed by atoms with Gasteiger partial charge in [-0.25, -0.2) is 9.78 Å². The Morgan fingerprint density at radius 1 is 1.21 bits per heavy atom. The quantitative estimate of drug-likeness (QED) is 0.640. The van der Waals surface area contributed by atoms with Crippen LogP contribution in [0.5, 0.6) is 5.75 Å². The lowest BCUT2D eigenvalue weighted by Crippen LogP contribution is -2.28. The first-order valence-corrected chi connectivity index (χ1v) is 8.89. The molecular formula is C18H15F3N4O2S. The SMILES string of the molecule is Cc1nc(-c2cccnc2)sc1CNC(=O)Nc1ccc(OC(F)(F)F)cc1. The van der Waals surface area contributed by atoms with Gasteiger partial charge in [0, 0.05) is 28.5 Å². The van der Waals surface area contributed by atoms with Crippen molar-refractivity contribution in [3.8, 4) is 16.3 Å². The van der Waals surface area contributed by atoms with Gasteiger partial charge in [0.1, 0.15) is 10.8 Å². The van der Waals surface area contributed by atoms with E-state index in [9.17, 15) is 18.0 Å². The third-order valence-electron chi connectivity index (χ3n) is 3.56. The minimum absolute atomic E-state index is 0.269. The van der Waals surface area contributed by atoms with Gasteiger partial charge in [-0.1, -0.05) is 0 Å². The summed E-state index contributed by atoms with van der Waals surface area (Å²) in [6, 6.07) is 8.12. The number of anilines is 1. The number of amides is 2. The number of urea groups is 1. The Balaban J connectivity index is 1.55. The van der Waals surface area contributed by atoms with Crippen molar-refractivity contribution in [2.45, 2.75) is 19.8 Å². The molecule has 0 unspecified atom stereocenters. The number of nitrogens with zero attached hydrogens (tertiary/aromatic N) is 2. The zero-order valence-corrected chi connectivity index (χ0v) is 15.4. The number of thiazole rings is 1. The van der Waals surface area contributed by atoms with Crippen LogP contribution in [0.15, 0.2) is 48.8 Å². The number of benzene rings is 1. The van der Waals surface area contributed by atoms with E-state index < -0.39 is 12.4 Å². The second-order valence-electron chi connectivity index (χ2n) is 5.65. The summed E-state index contributed by atoms with van der Waals surface area (Å²) in [4.78, 5) is 21.5. The minimum atomic E-state index is -4.76. The molecule has 6 nitrogen and oxygen atoms in total. The minimum Gasteiger partial charge on any atom is -0.406 e. The number of nitrogens with one attached hydrogen (secondary N) is 2. The molecule has 0 aliphatic rings. The third-order valence-corrected chi connectivity index (χ3v) is 4.76. The van der Waals surface area contributed by atoms with Crippen molar-refractivity contribution >= 4 is 23.1 Å². The maximum Gasteiger partial charge on any atom is 0.573 e. The lowest BCUT2D eigenvalue weighted by atomic mass is 10.3. The van der Waals surface area contributed by atoms with Crippen LogP contribution in [0, 0.1) is 6.92 Å². The van der Waals surface area contributed by atoms with Gasteiger partial charge >= 0.3 is 12.4 Å². The molecule has 0 bridgehead atoms. The van der Waals surface area contributed by atoms with E-state index in [0.29, 0.717) is 5.69 Å². The van der Waals surface area contributed by atoms with Crippen LogP contribution in [0.2, 0.25) is 0 Å². The number of hydrogen-bond acceptors (Lipinski definition) is 5. The molecule has 0 saturated carbocycles. The number of aromatic nitrogens is 2.